The summed E-state index contributed by atoms with van der Waals surface area (Å²) in [6.45, 7) is 4.62. The second kappa shape index (κ2) is 8.13. The smallest absolute Gasteiger partial charge is 0.123 e. The molecule has 0 saturated carbocycles. The van der Waals surface area contributed by atoms with Gasteiger partial charge in [0.25, 0.3) is 0 Å². The summed E-state index contributed by atoms with van der Waals surface area (Å²) in [7, 11) is 3.96. The molecule has 0 bridgehead atoms. The summed E-state index contributed by atoms with van der Waals surface area (Å²) in [4.78, 5) is 2.05. The van der Waals surface area contributed by atoms with Crippen LogP contribution in [-0.2, 0) is 5.60 Å². The molecule has 1 N–H and O–H groups in total. The molecule has 0 aliphatic rings. The highest BCUT2D eigenvalue weighted by Crippen LogP contribution is 2.39. The molecule has 0 radical (unpaired) electrons. The Kier molecular flexibility index (Phi) is 6.39. The maximum Gasteiger partial charge on any atom is 0.123 e. The number of rotatable bonds is 6. The fourth-order valence-electron chi connectivity index (χ4n) is 3.23. The number of hydrogen-bond donors (Lipinski definition) is 1. The molecule has 0 aliphatic heterocycles. The second-order valence-electron chi connectivity index (χ2n) is 6.82. The van der Waals surface area contributed by atoms with E-state index < -0.39 is 5.60 Å². The van der Waals surface area contributed by atoms with Crippen LogP contribution < -0.4 is 0 Å². The third kappa shape index (κ3) is 4.69. The molecule has 0 heterocycles. The third-order valence-electron chi connectivity index (χ3n) is 4.47. The van der Waals surface area contributed by atoms with Crippen molar-refractivity contribution >= 4 is 17.7 Å². The van der Waals surface area contributed by atoms with Crippen molar-refractivity contribution in [3.8, 4) is 0 Å². The minimum Gasteiger partial charge on any atom is -0.380 e. The van der Waals surface area contributed by atoms with Gasteiger partial charge in [0, 0.05) is 17.5 Å². The first-order valence-corrected chi connectivity index (χ1v) is 8.68. The van der Waals surface area contributed by atoms with Gasteiger partial charge in [0.2, 0.25) is 0 Å². The van der Waals surface area contributed by atoms with Gasteiger partial charge in [-0.25, -0.2) is 4.39 Å². The SMILES string of the molecule is CC(=Cc1ccc(F)cc1)C(O)(c1cccc(Cl)c1)C(C)CN(C)C. The van der Waals surface area contributed by atoms with Gasteiger partial charge in [-0.1, -0.05) is 48.9 Å². The van der Waals surface area contributed by atoms with Crippen molar-refractivity contribution in [2.24, 2.45) is 5.92 Å². The molecule has 2 aromatic carbocycles. The molecule has 2 aromatic rings. The summed E-state index contributed by atoms with van der Waals surface area (Å²) in [5, 5.41) is 12.3. The summed E-state index contributed by atoms with van der Waals surface area (Å²) < 4.78 is 13.1. The maximum atomic E-state index is 13.1. The van der Waals surface area contributed by atoms with E-state index in [1.54, 1.807) is 24.3 Å². The molecule has 0 amide bonds. The highest BCUT2D eigenvalue weighted by atomic mass is 35.5. The summed E-state index contributed by atoms with van der Waals surface area (Å²) in [6.07, 6.45) is 1.90. The molecule has 2 nitrogen and oxygen atoms in total. The lowest BCUT2D eigenvalue weighted by molar-refractivity contribution is 0.0105. The van der Waals surface area contributed by atoms with Gasteiger partial charge in [-0.2, -0.15) is 0 Å². The summed E-state index contributed by atoms with van der Waals surface area (Å²) in [6, 6.07) is 13.6. The highest BCUT2D eigenvalue weighted by molar-refractivity contribution is 6.30. The number of nitrogens with zero attached hydrogens (tertiary/aromatic N) is 1. The van der Waals surface area contributed by atoms with Crippen molar-refractivity contribution in [2.45, 2.75) is 19.4 Å². The molecule has 0 aromatic heterocycles. The minimum atomic E-state index is -1.18. The van der Waals surface area contributed by atoms with Crippen molar-refractivity contribution in [1.29, 1.82) is 0 Å². The van der Waals surface area contributed by atoms with Crippen LogP contribution in [0.15, 0.2) is 54.1 Å². The van der Waals surface area contributed by atoms with Gasteiger partial charge in [-0.3, -0.25) is 0 Å². The molecule has 0 spiro atoms. The van der Waals surface area contributed by atoms with E-state index >= 15 is 0 Å². The van der Waals surface area contributed by atoms with Gasteiger partial charge in [0.05, 0.1) is 0 Å². The fraction of sp³-hybridized carbons (Fsp3) is 0.333. The van der Waals surface area contributed by atoms with Gasteiger partial charge in [-0.05, 0) is 62.0 Å². The molecule has 0 fully saturated rings. The molecule has 0 aliphatic carbocycles. The molecule has 25 heavy (non-hydrogen) atoms. The van der Waals surface area contributed by atoms with Gasteiger partial charge >= 0.3 is 0 Å². The van der Waals surface area contributed by atoms with E-state index in [0.717, 1.165) is 16.7 Å². The Balaban J connectivity index is 2.51. The van der Waals surface area contributed by atoms with Crippen LogP contribution in [0.2, 0.25) is 5.02 Å². The Hall–Kier alpha value is -1.68. The van der Waals surface area contributed by atoms with Crippen molar-refractivity contribution in [3.63, 3.8) is 0 Å². The zero-order valence-electron chi connectivity index (χ0n) is 15.1. The molecule has 0 saturated heterocycles. The number of hydrogen-bond acceptors (Lipinski definition) is 2. The van der Waals surface area contributed by atoms with Gasteiger partial charge < -0.3 is 10.0 Å². The van der Waals surface area contributed by atoms with Crippen LogP contribution in [0.1, 0.15) is 25.0 Å². The molecule has 4 heteroatoms. The predicted molar refractivity (Wildman–Crippen MR) is 103 cm³/mol. The van der Waals surface area contributed by atoms with Crippen LogP contribution in [-0.4, -0.2) is 30.6 Å². The monoisotopic (exact) mass is 361 g/mol. The molecule has 2 atom stereocenters. The predicted octanol–water partition coefficient (Wildman–Crippen LogP) is 4.97. The molecule has 134 valence electrons. The normalized spacial score (nSPS) is 15.9. The van der Waals surface area contributed by atoms with E-state index in [9.17, 15) is 9.50 Å². The molecule has 2 rings (SSSR count). The number of aliphatic hydroxyl groups is 1. The van der Waals surface area contributed by atoms with Gasteiger partial charge in [0.15, 0.2) is 0 Å². The average Bonchev–Trinajstić information content (AvgIpc) is 2.55. The third-order valence-corrected chi connectivity index (χ3v) is 4.71. The van der Waals surface area contributed by atoms with Crippen molar-refractivity contribution < 1.29 is 9.50 Å². The topological polar surface area (TPSA) is 23.5 Å². The quantitative estimate of drug-likeness (QED) is 0.785. The first-order chi connectivity index (χ1) is 11.7. The number of benzene rings is 2. The molecular formula is C21H25ClFNO. The Bertz CT molecular complexity index is 742. The van der Waals surface area contributed by atoms with E-state index in [0.29, 0.717) is 11.6 Å². The van der Waals surface area contributed by atoms with E-state index in [2.05, 4.69) is 0 Å². The summed E-state index contributed by atoms with van der Waals surface area (Å²) in [5.41, 5.74) is 1.21. The first-order valence-electron chi connectivity index (χ1n) is 8.31. The Morgan fingerprint density at radius 3 is 2.44 bits per heavy atom. The zero-order valence-corrected chi connectivity index (χ0v) is 15.9. The zero-order chi connectivity index (χ0) is 18.6. The van der Waals surface area contributed by atoms with Crippen molar-refractivity contribution in [1.82, 2.24) is 4.90 Å². The molecule has 2 unspecified atom stereocenters. The van der Waals surface area contributed by atoms with E-state index in [-0.39, 0.29) is 11.7 Å². The lowest BCUT2D eigenvalue weighted by Gasteiger charge is -2.37. The van der Waals surface area contributed by atoms with Crippen LogP contribution in [0.25, 0.3) is 6.08 Å². The van der Waals surface area contributed by atoms with Crippen molar-refractivity contribution in [3.05, 3.63) is 76.1 Å². The van der Waals surface area contributed by atoms with E-state index in [1.807, 2.05) is 51.1 Å². The van der Waals surface area contributed by atoms with Crippen LogP contribution in [0.4, 0.5) is 4.39 Å². The molecular weight excluding hydrogens is 337 g/mol. The fourth-order valence-corrected chi connectivity index (χ4v) is 3.42. The highest BCUT2D eigenvalue weighted by Gasteiger charge is 2.37. The summed E-state index contributed by atoms with van der Waals surface area (Å²) >= 11 is 6.16. The number of halogens is 2. The Morgan fingerprint density at radius 1 is 1.24 bits per heavy atom. The van der Waals surface area contributed by atoms with Gasteiger partial charge in [-0.15, -0.1) is 0 Å². The Labute approximate surface area is 154 Å². The van der Waals surface area contributed by atoms with E-state index in [1.165, 1.54) is 12.1 Å². The summed E-state index contributed by atoms with van der Waals surface area (Å²) in [5.74, 6) is -0.349. The first kappa shape index (κ1) is 19.6. The largest absolute Gasteiger partial charge is 0.380 e. The maximum absolute atomic E-state index is 13.1. The van der Waals surface area contributed by atoms with Crippen LogP contribution >= 0.6 is 11.6 Å². The average molecular weight is 362 g/mol. The van der Waals surface area contributed by atoms with Crippen molar-refractivity contribution in [2.75, 3.05) is 20.6 Å². The van der Waals surface area contributed by atoms with E-state index in [4.69, 9.17) is 11.6 Å². The minimum absolute atomic E-state index is 0.0716. The lowest BCUT2D eigenvalue weighted by atomic mass is 9.76. The lowest BCUT2D eigenvalue weighted by Crippen LogP contribution is -2.40. The standard InChI is InChI=1S/C21H25ClFNO/c1-15(12-17-8-10-20(23)11-9-17)21(25,16(2)14-24(3)4)18-6-5-7-19(22)13-18/h5-13,16,25H,14H2,1-4H3. The van der Waals surface area contributed by atoms with Crippen LogP contribution in [0.3, 0.4) is 0 Å². The Morgan fingerprint density at radius 2 is 1.88 bits per heavy atom. The second-order valence-corrected chi connectivity index (χ2v) is 7.26. The van der Waals surface area contributed by atoms with Gasteiger partial charge in [0.1, 0.15) is 11.4 Å². The van der Waals surface area contributed by atoms with Crippen LogP contribution in [0, 0.1) is 11.7 Å². The van der Waals surface area contributed by atoms with Crippen LogP contribution in [0.5, 0.6) is 0 Å².